The van der Waals surface area contributed by atoms with Gasteiger partial charge in [-0.25, -0.2) is 18.5 Å². The van der Waals surface area contributed by atoms with Crippen molar-refractivity contribution >= 4 is 38.6 Å². The smallest absolute Gasteiger partial charge is 0.263 e. The second kappa shape index (κ2) is 7.28. The second-order valence-electron chi connectivity index (χ2n) is 5.72. The molecule has 0 spiro atoms. The number of thiazole rings is 1. The van der Waals surface area contributed by atoms with E-state index in [0.29, 0.717) is 10.6 Å². The minimum atomic E-state index is -3.73. The third-order valence-corrected chi connectivity index (χ3v) is 6.92. The van der Waals surface area contributed by atoms with Gasteiger partial charge in [0, 0.05) is 0 Å². The molecule has 1 aromatic carbocycles. The van der Waals surface area contributed by atoms with Crippen molar-refractivity contribution in [3.05, 3.63) is 57.9 Å². The van der Waals surface area contributed by atoms with E-state index in [0.717, 1.165) is 15.4 Å². The summed E-state index contributed by atoms with van der Waals surface area (Å²) < 4.78 is 22.6. The lowest BCUT2D eigenvalue weighted by Gasteiger charge is -2.14. The molecule has 3 N–H and O–H groups in total. The number of nitrogens with two attached hydrogens (primary N) is 1. The van der Waals surface area contributed by atoms with Crippen molar-refractivity contribution in [2.24, 2.45) is 5.14 Å². The Kier molecular flexibility index (Phi) is 5.24. The first-order valence-electron chi connectivity index (χ1n) is 7.70. The summed E-state index contributed by atoms with van der Waals surface area (Å²) in [5.41, 5.74) is 1.47. The predicted octanol–water partition coefficient (Wildman–Crippen LogP) is 3.32. The van der Waals surface area contributed by atoms with E-state index in [1.807, 2.05) is 31.4 Å². The molecule has 2 aromatic heterocycles. The molecule has 0 saturated carbocycles. The van der Waals surface area contributed by atoms with Gasteiger partial charge in [0.1, 0.15) is 9.88 Å². The summed E-state index contributed by atoms with van der Waals surface area (Å²) in [6, 6.07) is 9.77. The van der Waals surface area contributed by atoms with Crippen molar-refractivity contribution in [1.29, 1.82) is 0 Å². The molecule has 1 amide bonds. The van der Waals surface area contributed by atoms with Crippen molar-refractivity contribution in [2.45, 2.75) is 24.8 Å². The van der Waals surface area contributed by atoms with Crippen LogP contribution in [-0.4, -0.2) is 19.3 Å². The Labute approximate surface area is 159 Å². The van der Waals surface area contributed by atoms with Crippen LogP contribution in [0, 0.1) is 6.92 Å². The lowest BCUT2D eigenvalue weighted by molar-refractivity contribution is 0.0943. The number of hydrogen-bond acceptors (Lipinski definition) is 6. The molecule has 136 valence electrons. The van der Waals surface area contributed by atoms with Crippen LogP contribution in [0.1, 0.15) is 33.9 Å². The zero-order valence-electron chi connectivity index (χ0n) is 14.1. The monoisotopic (exact) mass is 407 g/mol. The molecule has 2 heterocycles. The van der Waals surface area contributed by atoms with Gasteiger partial charge in [0.05, 0.1) is 21.5 Å². The first-order chi connectivity index (χ1) is 12.3. The number of rotatable bonds is 5. The van der Waals surface area contributed by atoms with Crippen LogP contribution in [0.3, 0.4) is 0 Å². The molecular formula is C17H17N3O3S3. The van der Waals surface area contributed by atoms with Crippen LogP contribution >= 0.6 is 22.7 Å². The van der Waals surface area contributed by atoms with E-state index < -0.39 is 10.0 Å². The van der Waals surface area contributed by atoms with Crippen LogP contribution < -0.4 is 10.5 Å². The molecule has 3 rings (SSSR count). The van der Waals surface area contributed by atoms with E-state index >= 15 is 0 Å². The molecule has 0 bridgehead atoms. The number of carbonyl (C=O) groups excluding carboxylic acids is 1. The largest absolute Gasteiger partial charge is 0.345 e. The number of nitrogens with zero attached hydrogens (tertiary/aromatic N) is 1. The number of hydrogen-bond donors (Lipinski definition) is 2. The first kappa shape index (κ1) is 18.7. The maximum atomic E-state index is 12.6. The summed E-state index contributed by atoms with van der Waals surface area (Å²) >= 11 is 2.94. The van der Waals surface area contributed by atoms with Crippen LogP contribution in [0.25, 0.3) is 9.88 Å². The highest BCUT2D eigenvalue weighted by molar-refractivity contribution is 7.89. The van der Waals surface area contributed by atoms with Crippen LogP contribution in [-0.2, 0) is 10.0 Å². The molecule has 6 nitrogen and oxygen atoms in total. The topological polar surface area (TPSA) is 102 Å². The molecule has 0 aliphatic rings. The Hall–Kier alpha value is -2.07. The molecule has 1 atom stereocenters. The minimum absolute atomic E-state index is 0.0404. The highest BCUT2D eigenvalue weighted by Gasteiger charge is 2.19. The van der Waals surface area contributed by atoms with E-state index in [2.05, 4.69) is 10.3 Å². The Morgan fingerprint density at radius 2 is 1.92 bits per heavy atom. The maximum absolute atomic E-state index is 12.6. The molecule has 9 heteroatoms. The lowest BCUT2D eigenvalue weighted by Crippen LogP contribution is -2.26. The summed E-state index contributed by atoms with van der Waals surface area (Å²) in [7, 11) is -3.73. The van der Waals surface area contributed by atoms with Crippen molar-refractivity contribution < 1.29 is 13.2 Å². The van der Waals surface area contributed by atoms with Gasteiger partial charge in [0.15, 0.2) is 0 Å². The Balaban J connectivity index is 1.75. The number of thiophene rings is 1. The van der Waals surface area contributed by atoms with Gasteiger partial charge in [-0.05, 0) is 43.0 Å². The molecule has 26 heavy (non-hydrogen) atoms. The van der Waals surface area contributed by atoms with Crippen molar-refractivity contribution in [1.82, 2.24) is 10.3 Å². The third-order valence-electron chi connectivity index (χ3n) is 3.79. The van der Waals surface area contributed by atoms with Gasteiger partial charge in [-0.2, -0.15) is 0 Å². The number of carbonyl (C=O) groups is 1. The van der Waals surface area contributed by atoms with Gasteiger partial charge < -0.3 is 5.32 Å². The summed E-state index contributed by atoms with van der Waals surface area (Å²) in [6.07, 6.45) is 0. The quantitative estimate of drug-likeness (QED) is 0.677. The number of sulfonamides is 1. The molecule has 0 saturated heterocycles. The molecule has 0 aliphatic heterocycles. The number of primary sulfonamides is 1. The molecule has 0 aliphatic carbocycles. The van der Waals surface area contributed by atoms with E-state index in [9.17, 15) is 13.2 Å². The minimum Gasteiger partial charge on any atom is -0.345 e. The summed E-state index contributed by atoms with van der Waals surface area (Å²) in [5, 5.41) is 10.8. The van der Waals surface area contributed by atoms with Gasteiger partial charge in [-0.1, -0.05) is 18.2 Å². The van der Waals surface area contributed by atoms with Gasteiger partial charge in [-0.3, -0.25) is 4.79 Å². The molecule has 0 fully saturated rings. The summed E-state index contributed by atoms with van der Waals surface area (Å²) in [4.78, 5) is 18.7. The van der Waals surface area contributed by atoms with E-state index in [1.54, 1.807) is 23.5 Å². The first-order valence-corrected chi connectivity index (χ1v) is 10.9. The van der Waals surface area contributed by atoms with Gasteiger partial charge in [0.2, 0.25) is 10.0 Å². The van der Waals surface area contributed by atoms with Crippen molar-refractivity contribution in [3.8, 4) is 9.88 Å². The SMILES string of the molecule is Cc1nc(-c2cccs2)sc1C(=O)NC(C)c1ccc(S(N)(=O)=O)cc1. The highest BCUT2D eigenvalue weighted by Crippen LogP contribution is 2.31. The van der Waals surface area contributed by atoms with E-state index in [4.69, 9.17) is 5.14 Å². The number of aromatic nitrogens is 1. The molecule has 0 radical (unpaired) electrons. The number of benzene rings is 1. The Morgan fingerprint density at radius 3 is 2.50 bits per heavy atom. The zero-order valence-corrected chi connectivity index (χ0v) is 16.5. The van der Waals surface area contributed by atoms with Crippen LogP contribution in [0.5, 0.6) is 0 Å². The number of aryl methyl sites for hydroxylation is 1. The number of amides is 1. The van der Waals surface area contributed by atoms with Gasteiger partial charge >= 0.3 is 0 Å². The summed E-state index contributed by atoms with van der Waals surface area (Å²) in [5.74, 6) is -0.203. The van der Waals surface area contributed by atoms with E-state index in [1.165, 1.54) is 23.5 Å². The molecule has 1 unspecified atom stereocenters. The average Bonchev–Trinajstić information content (AvgIpc) is 3.23. The lowest BCUT2D eigenvalue weighted by atomic mass is 10.1. The average molecular weight is 408 g/mol. The van der Waals surface area contributed by atoms with Crippen molar-refractivity contribution in [2.75, 3.05) is 0 Å². The van der Waals surface area contributed by atoms with Crippen LogP contribution in [0.2, 0.25) is 0 Å². The Morgan fingerprint density at radius 1 is 1.23 bits per heavy atom. The zero-order chi connectivity index (χ0) is 18.9. The van der Waals surface area contributed by atoms with Crippen LogP contribution in [0.15, 0.2) is 46.7 Å². The predicted molar refractivity (Wildman–Crippen MR) is 104 cm³/mol. The Bertz CT molecular complexity index is 1020. The number of nitrogens with one attached hydrogen (secondary N) is 1. The molecular weight excluding hydrogens is 390 g/mol. The van der Waals surface area contributed by atoms with Gasteiger partial charge in [-0.15, -0.1) is 22.7 Å². The van der Waals surface area contributed by atoms with Gasteiger partial charge in [0.25, 0.3) is 5.91 Å². The third kappa shape index (κ3) is 4.01. The van der Waals surface area contributed by atoms with Crippen molar-refractivity contribution in [3.63, 3.8) is 0 Å². The maximum Gasteiger partial charge on any atom is 0.263 e. The highest BCUT2D eigenvalue weighted by atomic mass is 32.2. The summed E-state index contributed by atoms with van der Waals surface area (Å²) in [6.45, 7) is 3.65. The van der Waals surface area contributed by atoms with Crippen LogP contribution in [0.4, 0.5) is 0 Å². The second-order valence-corrected chi connectivity index (χ2v) is 9.23. The molecule has 3 aromatic rings. The normalized spacial score (nSPS) is 12.7. The fraction of sp³-hybridized carbons (Fsp3) is 0.176. The fourth-order valence-corrected chi connectivity index (χ4v) is 4.69. The standard InChI is InChI=1S/C17H17N3O3S3/c1-10(12-5-7-13(8-6-12)26(18,22)23)19-16(21)15-11(2)20-17(25-15)14-4-3-9-24-14/h3-10H,1-2H3,(H,19,21)(H2,18,22,23). The van der Waals surface area contributed by atoms with E-state index in [-0.39, 0.29) is 16.8 Å². The fourth-order valence-electron chi connectivity index (χ4n) is 2.40.